The SMILES string of the molecule is Nc1nsc(NCCc2cccnc2)n1. The maximum absolute atomic E-state index is 5.40. The Morgan fingerprint density at radius 1 is 1.47 bits per heavy atom. The summed E-state index contributed by atoms with van der Waals surface area (Å²) in [6, 6.07) is 3.97. The zero-order chi connectivity index (χ0) is 10.5. The number of nitrogens with two attached hydrogens (primary N) is 1. The highest BCUT2D eigenvalue weighted by atomic mass is 32.1. The first kappa shape index (κ1) is 9.85. The highest BCUT2D eigenvalue weighted by Gasteiger charge is 1.99. The Kier molecular flexibility index (Phi) is 3.08. The number of pyridine rings is 1. The lowest BCUT2D eigenvalue weighted by atomic mass is 10.2. The van der Waals surface area contributed by atoms with Crippen molar-refractivity contribution in [3.05, 3.63) is 30.1 Å². The Balaban J connectivity index is 1.80. The van der Waals surface area contributed by atoms with Gasteiger partial charge in [-0.2, -0.15) is 9.36 Å². The topological polar surface area (TPSA) is 76.7 Å². The average molecular weight is 221 g/mol. The van der Waals surface area contributed by atoms with Crippen LogP contribution in [0.5, 0.6) is 0 Å². The summed E-state index contributed by atoms with van der Waals surface area (Å²) in [5, 5.41) is 3.91. The summed E-state index contributed by atoms with van der Waals surface area (Å²) in [7, 11) is 0. The van der Waals surface area contributed by atoms with E-state index in [9.17, 15) is 0 Å². The molecule has 3 N–H and O–H groups in total. The molecular weight excluding hydrogens is 210 g/mol. The van der Waals surface area contributed by atoms with Crippen molar-refractivity contribution in [1.82, 2.24) is 14.3 Å². The van der Waals surface area contributed by atoms with Gasteiger partial charge in [-0.15, -0.1) is 0 Å². The predicted octanol–water partition coefficient (Wildman–Crippen LogP) is 1.17. The highest BCUT2D eigenvalue weighted by molar-refractivity contribution is 7.09. The minimum Gasteiger partial charge on any atom is -0.367 e. The van der Waals surface area contributed by atoms with Gasteiger partial charge in [-0.1, -0.05) is 6.07 Å². The van der Waals surface area contributed by atoms with Crippen molar-refractivity contribution in [2.75, 3.05) is 17.6 Å². The third-order valence-electron chi connectivity index (χ3n) is 1.85. The largest absolute Gasteiger partial charge is 0.367 e. The van der Waals surface area contributed by atoms with Gasteiger partial charge in [0.25, 0.3) is 0 Å². The van der Waals surface area contributed by atoms with Crippen LogP contribution >= 0.6 is 11.5 Å². The van der Waals surface area contributed by atoms with E-state index in [-0.39, 0.29) is 0 Å². The molecule has 2 heterocycles. The van der Waals surface area contributed by atoms with Gasteiger partial charge >= 0.3 is 0 Å². The molecule has 0 aromatic carbocycles. The van der Waals surface area contributed by atoms with Gasteiger partial charge in [0.05, 0.1) is 0 Å². The third-order valence-corrected chi connectivity index (χ3v) is 2.54. The molecule has 0 aliphatic carbocycles. The molecule has 0 spiro atoms. The van der Waals surface area contributed by atoms with Crippen molar-refractivity contribution in [3.8, 4) is 0 Å². The van der Waals surface area contributed by atoms with E-state index in [0.29, 0.717) is 5.95 Å². The zero-order valence-corrected chi connectivity index (χ0v) is 8.87. The van der Waals surface area contributed by atoms with Crippen LogP contribution in [0, 0.1) is 0 Å². The second-order valence-electron chi connectivity index (χ2n) is 3.00. The molecule has 0 aliphatic rings. The Morgan fingerprint density at radius 2 is 2.40 bits per heavy atom. The van der Waals surface area contributed by atoms with E-state index >= 15 is 0 Å². The first-order valence-electron chi connectivity index (χ1n) is 4.56. The van der Waals surface area contributed by atoms with E-state index in [2.05, 4.69) is 19.7 Å². The molecule has 0 amide bonds. The highest BCUT2D eigenvalue weighted by Crippen LogP contribution is 2.11. The summed E-state index contributed by atoms with van der Waals surface area (Å²) >= 11 is 1.27. The maximum atomic E-state index is 5.40. The van der Waals surface area contributed by atoms with E-state index < -0.39 is 0 Å². The first-order chi connectivity index (χ1) is 7.34. The van der Waals surface area contributed by atoms with Crippen LogP contribution in [0.3, 0.4) is 0 Å². The molecule has 2 aromatic rings. The molecule has 0 saturated heterocycles. The van der Waals surface area contributed by atoms with Crippen LogP contribution in [0.4, 0.5) is 11.1 Å². The molecule has 78 valence electrons. The van der Waals surface area contributed by atoms with Crippen LogP contribution in [-0.2, 0) is 6.42 Å². The van der Waals surface area contributed by atoms with Gasteiger partial charge in [-0.05, 0) is 18.1 Å². The Labute approximate surface area is 91.5 Å². The summed E-state index contributed by atoms with van der Waals surface area (Å²) in [4.78, 5) is 8.04. The Bertz CT molecular complexity index is 413. The fourth-order valence-corrected chi connectivity index (χ4v) is 1.69. The number of aromatic nitrogens is 3. The maximum Gasteiger partial charge on any atom is 0.233 e. The summed E-state index contributed by atoms with van der Waals surface area (Å²) < 4.78 is 3.88. The monoisotopic (exact) mass is 221 g/mol. The molecular formula is C9H11N5S. The van der Waals surface area contributed by atoms with Crippen molar-refractivity contribution in [2.24, 2.45) is 0 Å². The van der Waals surface area contributed by atoms with Crippen molar-refractivity contribution < 1.29 is 0 Å². The number of nitrogens with one attached hydrogen (secondary N) is 1. The molecule has 0 atom stereocenters. The molecule has 0 bridgehead atoms. The van der Waals surface area contributed by atoms with Gasteiger partial charge in [0.1, 0.15) is 0 Å². The molecule has 5 nitrogen and oxygen atoms in total. The van der Waals surface area contributed by atoms with Gasteiger partial charge in [0, 0.05) is 30.5 Å². The van der Waals surface area contributed by atoms with E-state index in [1.807, 2.05) is 18.3 Å². The average Bonchev–Trinajstić information content (AvgIpc) is 2.66. The van der Waals surface area contributed by atoms with Crippen molar-refractivity contribution >= 4 is 22.6 Å². The van der Waals surface area contributed by atoms with Crippen LogP contribution in [0.25, 0.3) is 0 Å². The van der Waals surface area contributed by atoms with Gasteiger partial charge in [0.15, 0.2) is 0 Å². The third kappa shape index (κ3) is 2.88. The number of hydrogen-bond donors (Lipinski definition) is 2. The fraction of sp³-hybridized carbons (Fsp3) is 0.222. The van der Waals surface area contributed by atoms with Crippen LogP contribution in [0.2, 0.25) is 0 Å². The molecule has 6 heteroatoms. The van der Waals surface area contributed by atoms with E-state index in [1.165, 1.54) is 17.1 Å². The lowest BCUT2D eigenvalue weighted by Crippen LogP contribution is -2.04. The Hall–Kier alpha value is -1.69. The molecule has 0 fully saturated rings. The van der Waals surface area contributed by atoms with Gasteiger partial charge in [-0.25, -0.2) is 0 Å². The summed E-state index contributed by atoms with van der Waals surface area (Å²) in [5.41, 5.74) is 6.60. The molecule has 0 saturated carbocycles. The lowest BCUT2D eigenvalue weighted by Gasteiger charge is -2.01. The molecule has 2 aromatic heterocycles. The number of hydrogen-bond acceptors (Lipinski definition) is 6. The number of nitrogens with zero attached hydrogens (tertiary/aromatic N) is 3. The van der Waals surface area contributed by atoms with E-state index in [1.54, 1.807) is 6.20 Å². The fourth-order valence-electron chi connectivity index (χ4n) is 1.17. The quantitative estimate of drug-likeness (QED) is 0.810. The van der Waals surface area contributed by atoms with Crippen molar-refractivity contribution in [1.29, 1.82) is 0 Å². The van der Waals surface area contributed by atoms with Gasteiger partial charge in [-0.3, -0.25) is 4.98 Å². The van der Waals surface area contributed by atoms with Crippen LogP contribution < -0.4 is 11.1 Å². The zero-order valence-electron chi connectivity index (χ0n) is 8.05. The molecule has 2 rings (SSSR count). The first-order valence-corrected chi connectivity index (χ1v) is 5.34. The number of anilines is 2. The number of nitrogen functional groups attached to an aromatic ring is 1. The lowest BCUT2D eigenvalue weighted by molar-refractivity contribution is 1.00. The van der Waals surface area contributed by atoms with Gasteiger partial charge < -0.3 is 11.1 Å². The van der Waals surface area contributed by atoms with E-state index in [4.69, 9.17) is 5.73 Å². The second-order valence-corrected chi connectivity index (χ2v) is 3.75. The normalized spacial score (nSPS) is 10.1. The number of rotatable bonds is 4. The summed E-state index contributed by atoms with van der Waals surface area (Å²) in [5.74, 6) is 0.323. The van der Waals surface area contributed by atoms with Crippen LogP contribution in [-0.4, -0.2) is 20.9 Å². The molecule has 15 heavy (non-hydrogen) atoms. The standard InChI is InChI=1S/C9H11N5S/c10-8-13-9(15-14-8)12-5-3-7-2-1-4-11-6-7/h1-2,4,6H,3,5H2,(H3,10,12,13,14). The van der Waals surface area contributed by atoms with Crippen LogP contribution in [0.1, 0.15) is 5.56 Å². The summed E-state index contributed by atoms with van der Waals surface area (Å²) in [6.45, 7) is 0.806. The molecule has 0 radical (unpaired) electrons. The second kappa shape index (κ2) is 4.70. The minimum atomic E-state index is 0.323. The van der Waals surface area contributed by atoms with E-state index in [0.717, 1.165) is 18.1 Å². The molecule has 0 aliphatic heterocycles. The van der Waals surface area contributed by atoms with Gasteiger partial charge in [0.2, 0.25) is 11.1 Å². The van der Waals surface area contributed by atoms with Crippen LogP contribution in [0.15, 0.2) is 24.5 Å². The smallest absolute Gasteiger partial charge is 0.233 e. The predicted molar refractivity (Wildman–Crippen MR) is 60.8 cm³/mol. The van der Waals surface area contributed by atoms with Crippen molar-refractivity contribution in [3.63, 3.8) is 0 Å². The van der Waals surface area contributed by atoms with Crippen molar-refractivity contribution in [2.45, 2.75) is 6.42 Å². The molecule has 0 unspecified atom stereocenters. The summed E-state index contributed by atoms with van der Waals surface area (Å²) in [6.07, 6.45) is 4.53. The Morgan fingerprint density at radius 3 is 3.07 bits per heavy atom. The minimum absolute atomic E-state index is 0.323.